The number of ether oxygens (including phenoxy) is 2. The first-order valence-electron chi connectivity index (χ1n) is 10.3. The van der Waals surface area contributed by atoms with E-state index in [4.69, 9.17) is 21.7 Å². The molecule has 3 aromatic rings. The van der Waals surface area contributed by atoms with Crippen LogP contribution in [0.5, 0.6) is 11.5 Å². The minimum atomic E-state index is -0.150. The third-order valence-electron chi connectivity index (χ3n) is 4.89. The van der Waals surface area contributed by atoms with Crippen molar-refractivity contribution in [2.24, 2.45) is 0 Å². The first kappa shape index (κ1) is 22.6. The summed E-state index contributed by atoms with van der Waals surface area (Å²) in [5.41, 5.74) is 2.93. The molecule has 1 fully saturated rings. The predicted molar refractivity (Wildman–Crippen MR) is 135 cm³/mol. The standard InChI is InChI=1S/C26H20N2O3S2/c1-2-30-23-14-18(12-13-22(23)31-17-20-9-7-6-8-19(20)16-27)15-24-25(29)28(26(32)33-24)21-10-4-3-5-11-21/h3-15H,2,17H2,1H3/b24-15-. The quantitative estimate of drug-likeness (QED) is 0.313. The highest BCUT2D eigenvalue weighted by molar-refractivity contribution is 8.27. The first-order valence-corrected chi connectivity index (χ1v) is 11.5. The van der Waals surface area contributed by atoms with Gasteiger partial charge in [0.15, 0.2) is 15.8 Å². The Labute approximate surface area is 202 Å². The number of anilines is 1. The van der Waals surface area contributed by atoms with Gasteiger partial charge in [-0.05, 0) is 48.9 Å². The molecule has 5 nitrogen and oxygen atoms in total. The van der Waals surface area contributed by atoms with Crippen LogP contribution < -0.4 is 14.4 Å². The number of thioether (sulfide) groups is 1. The molecule has 0 aliphatic carbocycles. The van der Waals surface area contributed by atoms with Gasteiger partial charge >= 0.3 is 0 Å². The van der Waals surface area contributed by atoms with Crippen molar-refractivity contribution < 1.29 is 14.3 Å². The van der Waals surface area contributed by atoms with Gasteiger partial charge in [0, 0.05) is 5.56 Å². The van der Waals surface area contributed by atoms with Crippen molar-refractivity contribution in [2.75, 3.05) is 11.5 Å². The highest BCUT2D eigenvalue weighted by Gasteiger charge is 2.33. The maximum absolute atomic E-state index is 13.0. The van der Waals surface area contributed by atoms with Gasteiger partial charge in [0.05, 0.1) is 28.8 Å². The fourth-order valence-electron chi connectivity index (χ4n) is 3.33. The summed E-state index contributed by atoms with van der Waals surface area (Å²) in [4.78, 5) is 15.1. The summed E-state index contributed by atoms with van der Waals surface area (Å²) < 4.78 is 12.2. The number of rotatable bonds is 7. The second kappa shape index (κ2) is 10.3. The summed E-state index contributed by atoms with van der Waals surface area (Å²) in [6.45, 7) is 2.61. The Morgan fingerprint density at radius 3 is 2.55 bits per heavy atom. The summed E-state index contributed by atoms with van der Waals surface area (Å²) in [6.07, 6.45) is 1.81. The molecule has 3 aromatic carbocycles. The van der Waals surface area contributed by atoms with E-state index in [1.54, 1.807) is 17.0 Å². The zero-order chi connectivity index (χ0) is 23.2. The molecule has 1 amide bonds. The van der Waals surface area contributed by atoms with E-state index in [-0.39, 0.29) is 12.5 Å². The fraction of sp³-hybridized carbons (Fsp3) is 0.115. The molecule has 33 heavy (non-hydrogen) atoms. The summed E-state index contributed by atoms with van der Waals surface area (Å²) in [7, 11) is 0. The lowest BCUT2D eigenvalue weighted by atomic mass is 10.1. The Balaban J connectivity index is 1.56. The number of thiocarbonyl (C=S) groups is 1. The van der Waals surface area contributed by atoms with Gasteiger partial charge < -0.3 is 9.47 Å². The highest BCUT2D eigenvalue weighted by atomic mass is 32.2. The average Bonchev–Trinajstić information content (AvgIpc) is 3.12. The molecular formula is C26H20N2O3S2. The Bertz CT molecular complexity index is 1270. The van der Waals surface area contributed by atoms with Crippen molar-refractivity contribution in [2.45, 2.75) is 13.5 Å². The van der Waals surface area contributed by atoms with E-state index in [2.05, 4.69) is 6.07 Å². The van der Waals surface area contributed by atoms with E-state index < -0.39 is 0 Å². The Hall–Kier alpha value is -3.60. The number of para-hydroxylation sites is 1. The van der Waals surface area contributed by atoms with Crippen molar-refractivity contribution in [3.8, 4) is 17.6 Å². The van der Waals surface area contributed by atoms with Crippen LogP contribution in [0.4, 0.5) is 5.69 Å². The summed E-state index contributed by atoms with van der Waals surface area (Å²) in [5.74, 6) is 0.986. The molecule has 0 unspecified atom stereocenters. The lowest BCUT2D eigenvalue weighted by Gasteiger charge is -2.14. The average molecular weight is 473 g/mol. The van der Waals surface area contributed by atoms with Gasteiger partial charge in [0.1, 0.15) is 6.61 Å². The van der Waals surface area contributed by atoms with Crippen LogP contribution in [0.25, 0.3) is 6.08 Å². The summed E-state index contributed by atoms with van der Waals surface area (Å²) >= 11 is 6.71. The molecule has 0 N–H and O–H groups in total. The van der Waals surface area contributed by atoms with E-state index >= 15 is 0 Å². The molecule has 0 saturated carbocycles. The number of carbonyl (C=O) groups excluding carboxylic acids is 1. The zero-order valence-corrected chi connectivity index (χ0v) is 19.5. The molecule has 1 heterocycles. The van der Waals surface area contributed by atoms with Crippen molar-refractivity contribution in [3.63, 3.8) is 0 Å². The number of nitriles is 1. The molecule has 0 radical (unpaired) electrons. The van der Waals surface area contributed by atoms with Crippen molar-refractivity contribution >= 4 is 46.0 Å². The number of hydrogen-bond donors (Lipinski definition) is 0. The van der Waals surface area contributed by atoms with Gasteiger partial charge in [0.25, 0.3) is 5.91 Å². The van der Waals surface area contributed by atoms with Crippen LogP contribution >= 0.6 is 24.0 Å². The number of amides is 1. The van der Waals surface area contributed by atoms with Crippen molar-refractivity contribution in [3.05, 3.63) is 94.4 Å². The SMILES string of the molecule is CCOc1cc(/C=C2\SC(=S)N(c3ccccc3)C2=O)ccc1OCc1ccccc1C#N. The monoisotopic (exact) mass is 472 g/mol. The third kappa shape index (κ3) is 5.08. The number of carbonyl (C=O) groups is 1. The molecular weight excluding hydrogens is 452 g/mol. The summed E-state index contributed by atoms with van der Waals surface area (Å²) in [6, 6.07) is 24.4. The van der Waals surface area contributed by atoms with Crippen LogP contribution in [0, 0.1) is 11.3 Å². The second-order valence-corrected chi connectivity index (χ2v) is 8.73. The Morgan fingerprint density at radius 2 is 1.79 bits per heavy atom. The topological polar surface area (TPSA) is 62.6 Å². The van der Waals surface area contributed by atoms with Gasteiger partial charge in [-0.2, -0.15) is 5.26 Å². The van der Waals surface area contributed by atoms with Crippen LogP contribution in [0.1, 0.15) is 23.6 Å². The molecule has 7 heteroatoms. The van der Waals surface area contributed by atoms with E-state index in [1.165, 1.54) is 11.8 Å². The first-order chi connectivity index (χ1) is 16.1. The molecule has 164 valence electrons. The maximum Gasteiger partial charge on any atom is 0.270 e. The smallest absolute Gasteiger partial charge is 0.270 e. The van der Waals surface area contributed by atoms with Gasteiger partial charge in [0.2, 0.25) is 0 Å². The normalized spacial score (nSPS) is 14.4. The number of nitrogens with zero attached hydrogens (tertiary/aromatic N) is 2. The van der Waals surface area contributed by atoms with E-state index in [1.807, 2.05) is 73.7 Å². The van der Waals surface area contributed by atoms with Gasteiger partial charge in [-0.3, -0.25) is 9.69 Å². The summed E-state index contributed by atoms with van der Waals surface area (Å²) in [5, 5.41) is 9.28. The van der Waals surface area contributed by atoms with E-state index in [0.29, 0.717) is 32.9 Å². The molecule has 1 aliphatic heterocycles. The van der Waals surface area contributed by atoms with Crippen LogP contribution in [-0.2, 0) is 11.4 Å². The zero-order valence-electron chi connectivity index (χ0n) is 17.9. The van der Waals surface area contributed by atoms with E-state index in [0.717, 1.165) is 16.8 Å². The molecule has 4 rings (SSSR count). The molecule has 1 saturated heterocycles. The highest BCUT2D eigenvalue weighted by Crippen LogP contribution is 2.37. The maximum atomic E-state index is 13.0. The van der Waals surface area contributed by atoms with E-state index in [9.17, 15) is 10.1 Å². The van der Waals surface area contributed by atoms with Crippen LogP contribution in [-0.4, -0.2) is 16.8 Å². The number of benzene rings is 3. The Morgan fingerprint density at radius 1 is 1.03 bits per heavy atom. The molecule has 0 bridgehead atoms. The third-order valence-corrected chi connectivity index (χ3v) is 6.20. The Kier molecular flexibility index (Phi) is 7.08. The van der Waals surface area contributed by atoms with Crippen LogP contribution in [0.3, 0.4) is 0 Å². The lowest BCUT2D eigenvalue weighted by Crippen LogP contribution is -2.27. The molecule has 0 aromatic heterocycles. The van der Waals surface area contributed by atoms with Crippen LogP contribution in [0.2, 0.25) is 0 Å². The number of hydrogen-bond acceptors (Lipinski definition) is 6. The lowest BCUT2D eigenvalue weighted by molar-refractivity contribution is -0.113. The van der Waals surface area contributed by atoms with Gasteiger partial charge in [-0.25, -0.2) is 0 Å². The second-order valence-electron chi connectivity index (χ2n) is 7.05. The van der Waals surface area contributed by atoms with Gasteiger partial charge in [-0.15, -0.1) is 0 Å². The van der Waals surface area contributed by atoms with Crippen LogP contribution in [0.15, 0.2) is 77.7 Å². The largest absolute Gasteiger partial charge is 0.490 e. The minimum Gasteiger partial charge on any atom is -0.490 e. The predicted octanol–water partition coefficient (Wildman–Crippen LogP) is 5.94. The van der Waals surface area contributed by atoms with Gasteiger partial charge in [-0.1, -0.05) is 66.4 Å². The van der Waals surface area contributed by atoms with Crippen molar-refractivity contribution in [1.82, 2.24) is 0 Å². The minimum absolute atomic E-state index is 0.150. The fourth-order valence-corrected chi connectivity index (χ4v) is 4.63. The van der Waals surface area contributed by atoms with Crippen molar-refractivity contribution in [1.29, 1.82) is 5.26 Å². The molecule has 0 spiro atoms. The molecule has 0 atom stereocenters. The molecule has 1 aliphatic rings.